The summed E-state index contributed by atoms with van der Waals surface area (Å²) < 4.78 is 37.2. The van der Waals surface area contributed by atoms with E-state index < -0.39 is 30.1 Å². The summed E-state index contributed by atoms with van der Waals surface area (Å²) in [5.74, 6) is -3.21. The van der Waals surface area contributed by atoms with E-state index in [9.17, 15) is 22.8 Å². The van der Waals surface area contributed by atoms with Crippen LogP contribution in [0.15, 0.2) is 47.2 Å². The Morgan fingerprint density at radius 3 is 2.50 bits per heavy atom. The standard InChI is InChI=1S/C22H28N6O3.C2HF3O2/c1-2-6-18(27-20(29)16(24)8-5-10-23)22-28-19(13-31-22)21(30)26-15-11-14-7-3-4-9-17(14)25-12-15;3-2(4,5)1(6)7/h3-4,7,9,11-13,16,18H,2,5-6,8,10,23-24H2,1H3,(H,26,30)(H,27,29);(H,6,7)/t16-,18-;/m1./s1. The first-order valence-electron chi connectivity index (χ1n) is 11.6. The van der Waals surface area contributed by atoms with E-state index in [0.29, 0.717) is 31.5 Å². The molecule has 3 rings (SSSR count). The van der Waals surface area contributed by atoms with E-state index in [1.807, 2.05) is 37.3 Å². The fourth-order valence-electron chi connectivity index (χ4n) is 3.18. The second kappa shape index (κ2) is 14.0. The molecule has 38 heavy (non-hydrogen) atoms. The molecule has 2 aromatic heterocycles. The molecule has 3 aromatic rings. The lowest BCUT2D eigenvalue weighted by molar-refractivity contribution is -0.192. The average Bonchev–Trinajstić information content (AvgIpc) is 3.37. The number of anilines is 1. The van der Waals surface area contributed by atoms with Gasteiger partial charge in [0.1, 0.15) is 12.3 Å². The van der Waals surface area contributed by atoms with Crippen molar-refractivity contribution in [1.82, 2.24) is 15.3 Å². The second-order valence-electron chi connectivity index (χ2n) is 8.13. The van der Waals surface area contributed by atoms with Crippen LogP contribution in [-0.4, -0.2) is 51.6 Å². The van der Waals surface area contributed by atoms with Gasteiger partial charge in [0.25, 0.3) is 5.91 Å². The number of aliphatic carboxylic acids is 1. The number of alkyl halides is 3. The van der Waals surface area contributed by atoms with Crippen LogP contribution in [-0.2, 0) is 9.59 Å². The first-order chi connectivity index (χ1) is 18.0. The van der Waals surface area contributed by atoms with Gasteiger partial charge in [0, 0.05) is 5.39 Å². The van der Waals surface area contributed by atoms with Gasteiger partial charge in [0.15, 0.2) is 5.69 Å². The maximum atomic E-state index is 12.6. The van der Waals surface area contributed by atoms with Crippen molar-refractivity contribution in [1.29, 1.82) is 0 Å². The zero-order chi connectivity index (χ0) is 28.3. The van der Waals surface area contributed by atoms with Gasteiger partial charge < -0.3 is 31.6 Å². The van der Waals surface area contributed by atoms with Crippen molar-refractivity contribution in [3.63, 3.8) is 0 Å². The minimum atomic E-state index is -5.08. The highest BCUT2D eigenvalue weighted by molar-refractivity contribution is 6.03. The number of hydrogen-bond donors (Lipinski definition) is 5. The predicted molar refractivity (Wildman–Crippen MR) is 132 cm³/mol. The minimum Gasteiger partial charge on any atom is -0.475 e. The van der Waals surface area contributed by atoms with Gasteiger partial charge in [0.05, 0.1) is 23.4 Å². The lowest BCUT2D eigenvalue weighted by Crippen LogP contribution is -2.42. The highest BCUT2D eigenvalue weighted by atomic mass is 19.4. The average molecular weight is 539 g/mol. The lowest BCUT2D eigenvalue weighted by atomic mass is 10.1. The first-order valence-corrected chi connectivity index (χ1v) is 11.6. The molecular weight excluding hydrogens is 509 g/mol. The Morgan fingerprint density at radius 2 is 1.87 bits per heavy atom. The maximum Gasteiger partial charge on any atom is 0.490 e. The van der Waals surface area contributed by atoms with Gasteiger partial charge >= 0.3 is 12.1 Å². The summed E-state index contributed by atoms with van der Waals surface area (Å²) in [5, 5.41) is 13.7. The number of para-hydroxylation sites is 1. The number of pyridine rings is 1. The van der Waals surface area contributed by atoms with Gasteiger partial charge in [-0.2, -0.15) is 13.2 Å². The molecule has 206 valence electrons. The largest absolute Gasteiger partial charge is 0.490 e. The van der Waals surface area contributed by atoms with Crippen LogP contribution >= 0.6 is 0 Å². The second-order valence-corrected chi connectivity index (χ2v) is 8.13. The molecule has 0 aliphatic heterocycles. The Morgan fingerprint density at radius 1 is 1.18 bits per heavy atom. The summed E-state index contributed by atoms with van der Waals surface area (Å²) in [4.78, 5) is 42.5. The molecule has 0 bridgehead atoms. The first kappa shape index (κ1) is 30.2. The number of halogens is 3. The minimum absolute atomic E-state index is 0.117. The summed E-state index contributed by atoms with van der Waals surface area (Å²) in [6, 6.07) is 8.35. The summed E-state index contributed by atoms with van der Waals surface area (Å²) in [5.41, 5.74) is 12.9. The third kappa shape index (κ3) is 9.12. The number of nitrogens with one attached hydrogen (secondary N) is 2. The summed E-state index contributed by atoms with van der Waals surface area (Å²) >= 11 is 0. The molecular formula is C24H29F3N6O5. The van der Waals surface area contributed by atoms with Crippen LogP contribution in [0.2, 0.25) is 0 Å². The van der Waals surface area contributed by atoms with Crippen LogP contribution in [0.1, 0.15) is 55.0 Å². The van der Waals surface area contributed by atoms with Crippen LogP contribution in [0, 0.1) is 0 Å². The summed E-state index contributed by atoms with van der Waals surface area (Å²) in [7, 11) is 0. The van der Waals surface area contributed by atoms with Gasteiger partial charge in [-0.15, -0.1) is 0 Å². The highest BCUT2D eigenvalue weighted by Crippen LogP contribution is 2.20. The third-order valence-corrected chi connectivity index (χ3v) is 5.09. The zero-order valence-corrected chi connectivity index (χ0v) is 20.5. The monoisotopic (exact) mass is 538 g/mol. The lowest BCUT2D eigenvalue weighted by Gasteiger charge is -2.18. The van der Waals surface area contributed by atoms with Gasteiger partial charge in [-0.25, -0.2) is 9.78 Å². The van der Waals surface area contributed by atoms with Crippen LogP contribution in [0.3, 0.4) is 0 Å². The number of carboxylic acids is 1. The Hall–Kier alpha value is -4.04. The number of nitrogens with zero attached hydrogens (tertiary/aromatic N) is 2. The number of amides is 2. The topological polar surface area (TPSA) is 186 Å². The number of fused-ring (bicyclic) bond motifs is 1. The molecule has 1 aromatic carbocycles. The quantitative estimate of drug-likeness (QED) is 0.258. The summed E-state index contributed by atoms with van der Waals surface area (Å²) in [6.45, 7) is 2.46. The van der Waals surface area contributed by atoms with Crippen LogP contribution in [0.25, 0.3) is 10.9 Å². The number of benzene rings is 1. The molecule has 2 atom stereocenters. The molecule has 0 fully saturated rings. The maximum absolute atomic E-state index is 12.6. The van der Waals surface area contributed by atoms with E-state index in [1.54, 1.807) is 6.20 Å². The molecule has 0 aliphatic rings. The van der Waals surface area contributed by atoms with Crippen molar-refractivity contribution in [2.45, 2.75) is 50.9 Å². The Balaban J connectivity index is 0.000000638. The fraction of sp³-hybridized carbons (Fsp3) is 0.375. The van der Waals surface area contributed by atoms with E-state index in [1.165, 1.54) is 6.26 Å². The van der Waals surface area contributed by atoms with E-state index in [-0.39, 0.29) is 17.5 Å². The molecule has 11 nitrogen and oxygen atoms in total. The Labute approximate surface area is 215 Å². The molecule has 7 N–H and O–H groups in total. The van der Waals surface area contributed by atoms with Crippen molar-refractivity contribution in [3.05, 3.63) is 54.4 Å². The van der Waals surface area contributed by atoms with Crippen molar-refractivity contribution < 1.29 is 37.1 Å². The predicted octanol–water partition coefficient (Wildman–Crippen LogP) is 3.13. The molecule has 0 saturated carbocycles. The number of carbonyl (C=O) groups is 3. The molecule has 14 heteroatoms. The van der Waals surface area contributed by atoms with Crippen molar-refractivity contribution in [2.75, 3.05) is 11.9 Å². The SMILES string of the molecule is CCC[C@@H](NC(=O)[C@H](N)CCCN)c1nc(C(=O)Nc2cnc3ccccc3c2)co1.O=C(O)C(F)(F)F. The number of carbonyl (C=O) groups excluding carboxylic acids is 2. The third-order valence-electron chi connectivity index (χ3n) is 5.09. The number of oxazole rings is 1. The molecule has 0 saturated heterocycles. The van der Waals surface area contributed by atoms with Gasteiger partial charge in [-0.3, -0.25) is 14.6 Å². The molecule has 2 amide bonds. The number of hydrogen-bond acceptors (Lipinski definition) is 8. The van der Waals surface area contributed by atoms with Crippen LogP contribution in [0.5, 0.6) is 0 Å². The van der Waals surface area contributed by atoms with Gasteiger partial charge in [0.2, 0.25) is 11.8 Å². The van der Waals surface area contributed by atoms with Gasteiger partial charge in [-0.1, -0.05) is 31.5 Å². The van der Waals surface area contributed by atoms with E-state index in [2.05, 4.69) is 20.6 Å². The fourth-order valence-corrected chi connectivity index (χ4v) is 3.18. The number of rotatable bonds is 10. The number of aromatic nitrogens is 2. The van der Waals surface area contributed by atoms with Crippen molar-refractivity contribution in [3.8, 4) is 0 Å². The molecule has 0 unspecified atom stereocenters. The van der Waals surface area contributed by atoms with E-state index in [4.69, 9.17) is 25.8 Å². The van der Waals surface area contributed by atoms with E-state index in [0.717, 1.165) is 17.3 Å². The number of nitrogens with two attached hydrogens (primary N) is 2. The van der Waals surface area contributed by atoms with Gasteiger partial charge in [-0.05, 0) is 37.9 Å². The molecule has 0 aliphatic carbocycles. The molecule has 0 spiro atoms. The Bertz CT molecular complexity index is 1230. The Kier molecular flexibility index (Phi) is 11.2. The molecule has 2 heterocycles. The van der Waals surface area contributed by atoms with Crippen LogP contribution < -0.4 is 22.1 Å². The zero-order valence-electron chi connectivity index (χ0n) is 20.5. The van der Waals surface area contributed by atoms with Crippen molar-refractivity contribution in [2.24, 2.45) is 11.5 Å². The highest BCUT2D eigenvalue weighted by Gasteiger charge is 2.38. The van der Waals surface area contributed by atoms with E-state index >= 15 is 0 Å². The number of carboxylic acid groups (broad SMARTS) is 1. The smallest absolute Gasteiger partial charge is 0.475 e. The van der Waals surface area contributed by atoms with Crippen LogP contribution in [0.4, 0.5) is 18.9 Å². The molecule has 0 radical (unpaired) electrons. The summed E-state index contributed by atoms with van der Waals surface area (Å²) in [6.07, 6.45) is 0.341. The van der Waals surface area contributed by atoms with Crippen molar-refractivity contribution >= 4 is 34.4 Å². The normalized spacial score (nSPS) is 12.7.